The molecule has 0 saturated carbocycles. The Balaban J connectivity index is 2.56. The second kappa shape index (κ2) is 5.41. The summed E-state index contributed by atoms with van der Waals surface area (Å²) in [7, 11) is 0. The molecule has 0 radical (unpaired) electrons. The van der Waals surface area contributed by atoms with Crippen molar-refractivity contribution in [3.05, 3.63) is 63.1 Å². The van der Waals surface area contributed by atoms with Crippen molar-refractivity contribution >= 4 is 11.5 Å². The monoisotopic (exact) mass is 267 g/mol. The number of hydrogen-bond acceptors (Lipinski definition) is 4. The maximum atomic E-state index is 12.4. The van der Waals surface area contributed by atoms with Crippen molar-refractivity contribution in [3.8, 4) is 6.07 Å². The minimum atomic E-state index is -0.474. The van der Waals surface area contributed by atoms with Crippen LogP contribution in [0.15, 0.2) is 35.1 Å². The predicted octanol–water partition coefficient (Wildman–Crippen LogP) is 1.62. The fourth-order valence-electron chi connectivity index (χ4n) is 1.92. The number of carbonyl (C=O) groups excluding carboxylic acids is 1. The molecule has 5 heteroatoms. The number of rotatable bonds is 3. The fourth-order valence-corrected chi connectivity index (χ4v) is 1.92. The van der Waals surface area contributed by atoms with Gasteiger partial charge in [-0.2, -0.15) is 5.26 Å². The smallest absolute Gasteiger partial charge is 0.266 e. The SMILES string of the molecule is CCc1[nH]c(=O)c(C#N)cc1C(=O)c1ccc(N)cc1. The molecule has 0 fully saturated rings. The Morgan fingerprint density at radius 1 is 1.35 bits per heavy atom. The molecular formula is C15H13N3O2. The summed E-state index contributed by atoms with van der Waals surface area (Å²) in [6.07, 6.45) is 0.497. The third-order valence-electron chi connectivity index (χ3n) is 3.01. The molecule has 0 saturated heterocycles. The van der Waals surface area contributed by atoms with E-state index in [9.17, 15) is 9.59 Å². The van der Waals surface area contributed by atoms with Crippen LogP contribution in [0.25, 0.3) is 0 Å². The molecule has 1 heterocycles. The molecular weight excluding hydrogens is 254 g/mol. The molecule has 5 nitrogen and oxygen atoms in total. The minimum Gasteiger partial charge on any atom is -0.399 e. The second-order valence-electron chi connectivity index (χ2n) is 4.32. The lowest BCUT2D eigenvalue weighted by atomic mass is 9.99. The van der Waals surface area contributed by atoms with E-state index in [1.807, 2.05) is 6.92 Å². The van der Waals surface area contributed by atoms with E-state index in [0.29, 0.717) is 28.9 Å². The molecule has 1 aromatic heterocycles. The lowest BCUT2D eigenvalue weighted by Gasteiger charge is -2.07. The van der Waals surface area contributed by atoms with Gasteiger partial charge >= 0.3 is 0 Å². The first-order valence-electron chi connectivity index (χ1n) is 6.13. The lowest BCUT2D eigenvalue weighted by Crippen LogP contribution is -2.17. The van der Waals surface area contributed by atoms with Crippen molar-refractivity contribution in [1.29, 1.82) is 5.26 Å². The van der Waals surface area contributed by atoms with Gasteiger partial charge in [0.15, 0.2) is 5.78 Å². The number of ketones is 1. The highest BCUT2D eigenvalue weighted by molar-refractivity contribution is 6.10. The number of nitrogens with one attached hydrogen (secondary N) is 1. The number of anilines is 1. The van der Waals surface area contributed by atoms with Gasteiger partial charge in [0, 0.05) is 22.5 Å². The highest BCUT2D eigenvalue weighted by Gasteiger charge is 2.16. The number of benzene rings is 1. The van der Waals surface area contributed by atoms with Gasteiger partial charge in [0.2, 0.25) is 0 Å². The van der Waals surface area contributed by atoms with E-state index < -0.39 is 5.56 Å². The van der Waals surface area contributed by atoms with E-state index in [4.69, 9.17) is 11.0 Å². The van der Waals surface area contributed by atoms with Crippen LogP contribution in [0.1, 0.15) is 34.1 Å². The van der Waals surface area contributed by atoms with Crippen molar-refractivity contribution in [1.82, 2.24) is 4.98 Å². The molecule has 0 bridgehead atoms. The zero-order valence-electron chi connectivity index (χ0n) is 10.9. The second-order valence-corrected chi connectivity index (χ2v) is 4.32. The Kier molecular flexibility index (Phi) is 3.67. The van der Waals surface area contributed by atoms with Gasteiger partial charge in [0.05, 0.1) is 0 Å². The Bertz CT molecular complexity index is 752. The Morgan fingerprint density at radius 3 is 2.55 bits per heavy atom. The summed E-state index contributed by atoms with van der Waals surface area (Å²) in [4.78, 5) is 26.6. The van der Waals surface area contributed by atoms with Crippen molar-refractivity contribution in [2.45, 2.75) is 13.3 Å². The number of carbonyl (C=O) groups is 1. The lowest BCUT2D eigenvalue weighted by molar-refractivity contribution is 0.103. The van der Waals surface area contributed by atoms with Crippen LogP contribution in [-0.2, 0) is 6.42 Å². The summed E-state index contributed by atoms with van der Waals surface area (Å²) in [5.74, 6) is -0.241. The van der Waals surface area contributed by atoms with E-state index >= 15 is 0 Å². The molecule has 2 aromatic rings. The van der Waals surface area contributed by atoms with Crippen LogP contribution in [0.3, 0.4) is 0 Å². The molecule has 0 aliphatic rings. The Labute approximate surface area is 115 Å². The summed E-state index contributed by atoms with van der Waals surface area (Å²) in [5, 5.41) is 8.90. The van der Waals surface area contributed by atoms with Crippen LogP contribution in [0, 0.1) is 11.3 Å². The largest absolute Gasteiger partial charge is 0.399 e. The van der Waals surface area contributed by atoms with E-state index in [1.165, 1.54) is 6.07 Å². The molecule has 0 aliphatic carbocycles. The highest BCUT2D eigenvalue weighted by Crippen LogP contribution is 2.15. The van der Waals surface area contributed by atoms with Gasteiger partial charge in [-0.15, -0.1) is 0 Å². The Morgan fingerprint density at radius 2 is 2.00 bits per heavy atom. The van der Waals surface area contributed by atoms with E-state index in [0.717, 1.165) is 0 Å². The van der Waals surface area contributed by atoms with Gasteiger partial charge in [-0.1, -0.05) is 6.92 Å². The van der Waals surface area contributed by atoms with Gasteiger partial charge in [-0.25, -0.2) is 0 Å². The number of nitriles is 1. The first kappa shape index (κ1) is 13.6. The molecule has 1 aromatic carbocycles. The standard InChI is InChI=1S/C15H13N3O2/c1-2-13-12(7-10(8-16)15(20)18-13)14(19)9-3-5-11(17)6-4-9/h3-7H,2,17H2,1H3,(H,18,20). The minimum absolute atomic E-state index is 0.0685. The number of aryl methyl sites for hydroxylation is 1. The molecule has 0 amide bonds. The van der Waals surface area contributed by atoms with Gasteiger partial charge < -0.3 is 10.7 Å². The third-order valence-corrected chi connectivity index (χ3v) is 3.01. The molecule has 100 valence electrons. The van der Waals surface area contributed by atoms with E-state index in [-0.39, 0.29) is 11.3 Å². The topological polar surface area (TPSA) is 99.7 Å². The number of nitrogen functional groups attached to an aromatic ring is 1. The normalized spacial score (nSPS) is 10.0. The zero-order valence-corrected chi connectivity index (χ0v) is 10.9. The number of H-pyrrole nitrogens is 1. The number of aromatic amines is 1. The maximum Gasteiger partial charge on any atom is 0.266 e. The van der Waals surface area contributed by atoms with E-state index in [2.05, 4.69) is 4.98 Å². The van der Waals surface area contributed by atoms with Gasteiger partial charge in [0.1, 0.15) is 11.6 Å². The van der Waals surface area contributed by atoms with Crippen LogP contribution in [0.2, 0.25) is 0 Å². The van der Waals surface area contributed by atoms with Crippen molar-refractivity contribution < 1.29 is 4.79 Å². The average Bonchev–Trinajstić information content (AvgIpc) is 2.47. The van der Waals surface area contributed by atoms with Crippen LogP contribution in [-0.4, -0.2) is 10.8 Å². The van der Waals surface area contributed by atoms with E-state index in [1.54, 1.807) is 30.3 Å². The van der Waals surface area contributed by atoms with Crippen LogP contribution in [0.5, 0.6) is 0 Å². The summed E-state index contributed by atoms with van der Waals surface area (Å²) >= 11 is 0. The molecule has 0 unspecified atom stereocenters. The van der Waals surface area contributed by atoms with Gasteiger partial charge in [-0.05, 0) is 36.8 Å². The summed E-state index contributed by atoms with van der Waals surface area (Å²) in [5.41, 5.74) is 6.94. The van der Waals surface area contributed by atoms with Crippen LogP contribution in [0.4, 0.5) is 5.69 Å². The first-order chi connectivity index (χ1) is 9.56. The fraction of sp³-hybridized carbons (Fsp3) is 0.133. The average molecular weight is 267 g/mol. The van der Waals surface area contributed by atoms with Crippen molar-refractivity contribution in [2.75, 3.05) is 5.73 Å². The molecule has 0 aliphatic heterocycles. The number of pyridine rings is 1. The quantitative estimate of drug-likeness (QED) is 0.652. The number of nitrogens with two attached hydrogens (primary N) is 1. The Hall–Kier alpha value is -2.87. The third kappa shape index (κ3) is 2.45. The summed E-state index contributed by atoms with van der Waals surface area (Å²) < 4.78 is 0. The number of nitrogens with zero attached hydrogens (tertiary/aromatic N) is 1. The van der Waals surface area contributed by atoms with Gasteiger partial charge in [-0.3, -0.25) is 9.59 Å². The number of hydrogen-bond donors (Lipinski definition) is 2. The maximum absolute atomic E-state index is 12.4. The summed E-state index contributed by atoms with van der Waals surface area (Å²) in [6.45, 7) is 1.83. The first-order valence-corrected chi connectivity index (χ1v) is 6.13. The van der Waals surface area contributed by atoms with Crippen molar-refractivity contribution in [3.63, 3.8) is 0 Å². The number of aromatic nitrogens is 1. The molecule has 3 N–H and O–H groups in total. The molecule has 0 atom stereocenters. The van der Waals surface area contributed by atoms with Crippen molar-refractivity contribution in [2.24, 2.45) is 0 Å². The molecule has 2 rings (SSSR count). The highest BCUT2D eigenvalue weighted by atomic mass is 16.1. The van der Waals surface area contributed by atoms with Gasteiger partial charge in [0.25, 0.3) is 5.56 Å². The summed E-state index contributed by atoms with van der Waals surface area (Å²) in [6, 6.07) is 9.64. The molecule has 0 spiro atoms. The zero-order chi connectivity index (χ0) is 14.7. The van der Waals surface area contributed by atoms with Crippen LogP contribution >= 0.6 is 0 Å². The van der Waals surface area contributed by atoms with Crippen LogP contribution < -0.4 is 11.3 Å². The predicted molar refractivity (Wildman–Crippen MR) is 75.4 cm³/mol. The molecule has 20 heavy (non-hydrogen) atoms.